The summed E-state index contributed by atoms with van der Waals surface area (Å²) in [5.74, 6) is -0.989. The lowest BCUT2D eigenvalue weighted by molar-refractivity contribution is -0.139. The first-order chi connectivity index (χ1) is 17.6. The second kappa shape index (κ2) is 12.8. The van der Waals surface area contributed by atoms with Crippen molar-refractivity contribution in [2.24, 2.45) is 0 Å². The van der Waals surface area contributed by atoms with Crippen LogP contribution in [0.15, 0.2) is 82.2 Å². The van der Waals surface area contributed by atoms with Crippen molar-refractivity contribution in [1.29, 1.82) is 0 Å². The molecular weight excluding hydrogens is 601 g/mol. The second-order valence-electron chi connectivity index (χ2n) is 8.09. The molecular formula is C26H26BrCl2N3O4S. The number of carbonyl (C=O) groups excluding carboxylic acids is 2. The summed E-state index contributed by atoms with van der Waals surface area (Å²) in [6, 6.07) is 18.4. The average molecular weight is 627 g/mol. The van der Waals surface area contributed by atoms with Gasteiger partial charge in [-0.05, 0) is 62.4 Å². The van der Waals surface area contributed by atoms with E-state index in [0.29, 0.717) is 27.8 Å². The smallest absolute Gasteiger partial charge is 0.264 e. The Balaban J connectivity index is 2.05. The number of likely N-dealkylation sites (N-methyl/N-ethyl adjacent to an activating group) is 1. The highest BCUT2D eigenvalue weighted by atomic mass is 79.9. The maximum Gasteiger partial charge on any atom is 0.264 e. The highest BCUT2D eigenvalue weighted by molar-refractivity contribution is 9.10. The van der Waals surface area contributed by atoms with Crippen molar-refractivity contribution in [2.75, 3.05) is 17.4 Å². The molecule has 0 aromatic heterocycles. The molecule has 0 spiro atoms. The van der Waals surface area contributed by atoms with E-state index >= 15 is 0 Å². The molecule has 2 amide bonds. The Bertz CT molecular complexity index is 1340. The summed E-state index contributed by atoms with van der Waals surface area (Å²) >= 11 is 16.1. The standard InChI is InChI=1S/C26H26BrCl2N3O4S/c1-3-30-26(34)18(2)31(16-22-23(28)10-7-11-24(22)29)25(33)17-32(20-14-12-19(27)13-15-20)37(35,36)21-8-5-4-6-9-21/h4-15,18H,3,16-17H2,1-2H3,(H,30,34)/t18-/m1/s1. The highest BCUT2D eigenvalue weighted by Gasteiger charge is 2.33. The van der Waals surface area contributed by atoms with Gasteiger partial charge in [-0.2, -0.15) is 0 Å². The van der Waals surface area contributed by atoms with E-state index in [2.05, 4.69) is 21.2 Å². The van der Waals surface area contributed by atoms with Crippen molar-refractivity contribution >= 4 is 66.7 Å². The fourth-order valence-electron chi connectivity index (χ4n) is 3.61. The van der Waals surface area contributed by atoms with Crippen LogP contribution in [0.3, 0.4) is 0 Å². The van der Waals surface area contributed by atoms with Gasteiger partial charge in [-0.1, -0.05) is 63.4 Å². The Morgan fingerprint density at radius 2 is 1.54 bits per heavy atom. The zero-order chi connectivity index (χ0) is 27.2. The maximum atomic E-state index is 13.8. The van der Waals surface area contributed by atoms with E-state index in [1.54, 1.807) is 74.5 Å². The first-order valence-electron chi connectivity index (χ1n) is 11.4. The van der Waals surface area contributed by atoms with Crippen molar-refractivity contribution in [3.8, 4) is 0 Å². The zero-order valence-electron chi connectivity index (χ0n) is 20.2. The number of sulfonamides is 1. The van der Waals surface area contributed by atoms with Crippen LogP contribution in [0, 0.1) is 0 Å². The monoisotopic (exact) mass is 625 g/mol. The van der Waals surface area contributed by atoms with Gasteiger partial charge in [0, 0.05) is 33.2 Å². The quantitative estimate of drug-likeness (QED) is 0.322. The van der Waals surface area contributed by atoms with Crippen LogP contribution in [0.25, 0.3) is 0 Å². The minimum absolute atomic E-state index is 0.0307. The van der Waals surface area contributed by atoms with Gasteiger partial charge in [-0.3, -0.25) is 13.9 Å². The van der Waals surface area contributed by atoms with Crippen molar-refractivity contribution in [1.82, 2.24) is 10.2 Å². The summed E-state index contributed by atoms with van der Waals surface area (Å²) < 4.78 is 29.1. The molecule has 3 aromatic rings. The Labute approximate surface area is 235 Å². The molecule has 0 fully saturated rings. The molecule has 0 saturated carbocycles. The van der Waals surface area contributed by atoms with E-state index in [9.17, 15) is 18.0 Å². The molecule has 0 bridgehead atoms. The van der Waals surface area contributed by atoms with Crippen LogP contribution in [0.2, 0.25) is 10.0 Å². The lowest BCUT2D eigenvalue weighted by atomic mass is 10.1. The van der Waals surface area contributed by atoms with Gasteiger partial charge in [0.25, 0.3) is 10.0 Å². The normalized spacial score (nSPS) is 12.0. The number of benzene rings is 3. The van der Waals surface area contributed by atoms with Gasteiger partial charge in [-0.15, -0.1) is 0 Å². The molecule has 0 unspecified atom stereocenters. The summed E-state index contributed by atoms with van der Waals surface area (Å²) in [4.78, 5) is 27.9. The third kappa shape index (κ3) is 7.04. The number of nitrogens with one attached hydrogen (secondary N) is 1. The van der Waals surface area contributed by atoms with Crippen molar-refractivity contribution < 1.29 is 18.0 Å². The molecule has 37 heavy (non-hydrogen) atoms. The topological polar surface area (TPSA) is 86.8 Å². The van der Waals surface area contributed by atoms with Crippen molar-refractivity contribution in [2.45, 2.75) is 31.3 Å². The number of hydrogen-bond donors (Lipinski definition) is 1. The minimum Gasteiger partial charge on any atom is -0.355 e. The number of carbonyl (C=O) groups is 2. The molecule has 0 saturated heterocycles. The lowest BCUT2D eigenvalue weighted by Gasteiger charge is -2.32. The summed E-state index contributed by atoms with van der Waals surface area (Å²) in [6.07, 6.45) is 0. The molecule has 0 aliphatic heterocycles. The third-order valence-corrected chi connectivity index (χ3v) is 8.66. The fraction of sp³-hybridized carbons (Fsp3) is 0.231. The molecule has 7 nitrogen and oxygen atoms in total. The van der Waals surface area contributed by atoms with Gasteiger partial charge < -0.3 is 10.2 Å². The molecule has 3 aromatic carbocycles. The van der Waals surface area contributed by atoms with Gasteiger partial charge in [-0.25, -0.2) is 8.42 Å². The molecule has 0 radical (unpaired) electrons. The maximum absolute atomic E-state index is 13.8. The minimum atomic E-state index is -4.12. The summed E-state index contributed by atoms with van der Waals surface area (Å²) in [6.45, 7) is 3.07. The predicted molar refractivity (Wildman–Crippen MR) is 150 cm³/mol. The van der Waals surface area contributed by atoms with Crippen LogP contribution in [0.1, 0.15) is 19.4 Å². The molecule has 1 atom stereocenters. The largest absolute Gasteiger partial charge is 0.355 e. The van der Waals surface area contributed by atoms with Gasteiger partial charge in [0.1, 0.15) is 12.6 Å². The van der Waals surface area contributed by atoms with E-state index < -0.39 is 28.5 Å². The van der Waals surface area contributed by atoms with Gasteiger partial charge in [0.05, 0.1) is 10.6 Å². The van der Waals surface area contributed by atoms with E-state index in [1.807, 2.05) is 0 Å². The number of rotatable bonds is 10. The Kier molecular flexibility index (Phi) is 10.0. The van der Waals surface area contributed by atoms with Crippen LogP contribution in [-0.4, -0.2) is 44.3 Å². The average Bonchev–Trinajstić information content (AvgIpc) is 2.88. The third-order valence-electron chi connectivity index (χ3n) is 5.63. The van der Waals surface area contributed by atoms with Crippen LogP contribution in [0.5, 0.6) is 0 Å². The number of halogens is 3. The van der Waals surface area contributed by atoms with Crippen molar-refractivity contribution in [3.63, 3.8) is 0 Å². The molecule has 1 N–H and O–H groups in total. The van der Waals surface area contributed by atoms with Gasteiger partial charge >= 0.3 is 0 Å². The molecule has 196 valence electrons. The van der Waals surface area contributed by atoms with Gasteiger partial charge in [0.15, 0.2) is 0 Å². The van der Waals surface area contributed by atoms with E-state index in [1.165, 1.54) is 17.0 Å². The molecule has 0 aliphatic carbocycles. The number of amides is 2. The Morgan fingerprint density at radius 3 is 2.11 bits per heavy atom. The van der Waals surface area contributed by atoms with Crippen LogP contribution in [-0.2, 0) is 26.2 Å². The first kappa shape index (κ1) is 29.0. The van der Waals surface area contributed by atoms with E-state index in [-0.39, 0.29) is 17.3 Å². The van der Waals surface area contributed by atoms with E-state index in [4.69, 9.17) is 23.2 Å². The number of hydrogen-bond acceptors (Lipinski definition) is 4. The van der Waals surface area contributed by atoms with Gasteiger partial charge in [0.2, 0.25) is 11.8 Å². The summed E-state index contributed by atoms with van der Waals surface area (Å²) in [5.41, 5.74) is 0.748. The molecule has 3 rings (SSSR count). The highest BCUT2D eigenvalue weighted by Crippen LogP contribution is 2.28. The van der Waals surface area contributed by atoms with Crippen LogP contribution < -0.4 is 9.62 Å². The Morgan fingerprint density at radius 1 is 0.946 bits per heavy atom. The number of nitrogens with zero attached hydrogens (tertiary/aromatic N) is 2. The number of anilines is 1. The van der Waals surface area contributed by atoms with Crippen LogP contribution >= 0.6 is 39.1 Å². The predicted octanol–water partition coefficient (Wildman–Crippen LogP) is 5.50. The zero-order valence-corrected chi connectivity index (χ0v) is 24.1. The summed E-state index contributed by atoms with van der Waals surface area (Å²) in [5, 5.41) is 3.36. The first-order valence-corrected chi connectivity index (χ1v) is 14.4. The van der Waals surface area contributed by atoms with Crippen molar-refractivity contribution in [3.05, 3.63) is 92.9 Å². The lowest BCUT2D eigenvalue weighted by Crippen LogP contribution is -2.51. The summed E-state index contributed by atoms with van der Waals surface area (Å²) in [7, 11) is -4.12. The second-order valence-corrected chi connectivity index (χ2v) is 11.7. The molecule has 0 aliphatic rings. The molecule has 11 heteroatoms. The van der Waals surface area contributed by atoms with E-state index in [0.717, 1.165) is 8.78 Å². The SMILES string of the molecule is CCNC(=O)[C@@H](C)N(Cc1c(Cl)cccc1Cl)C(=O)CN(c1ccc(Br)cc1)S(=O)(=O)c1ccccc1. The Hall–Kier alpha value is -2.59. The fourth-order valence-corrected chi connectivity index (χ4v) is 5.83. The van der Waals surface area contributed by atoms with Crippen LogP contribution in [0.4, 0.5) is 5.69 Å². The molecule has 0 heterocycles.